The highest BCUT2D eigenvalue weighted by Gasteiger charge is 2.15. The number of amides is 2. The molecule has 0 aliphatic heterocycles. The zero-order valence-electron chi connectivity index (χ0n) is 21.2. The third-order valence-corrected chi connectivity index (χ3v) is 6.57. The van der Waals surface area contributed by atoms with Crippen molar-refractivity contribution in [2.75, 3.05) is 35.7 Å². The zero-order chi connectivity index (χ0) is 27.7. The molecule has 0 radical (unpaired) electrons. The van der Waals surface area contributed by atoms with Crippen molar-refractivity contribution in [3.05, 3.63) is 73.6 Å². The number of anilines is 3. The molecule has 0 fully saturated rings. The van der Waals surface area contributed by atoms with Crippen LogP contribution in [0.3, 0.4) is 0 Å². The monoisotopic (exact) mass is 529 g/mol. The number of aromatic nitrogens is 1. The average molecular weight is 530 g/mol. The summed E-state index contributed by atoms with van der Waals surface area (Å²) in [7, 11) is 1.85. The molecule has 3 N–H and O–H groups in total. The third-order valence-electron chi connectivity index (χ3n) is 5.44. The maximum atomic E-state index is 12.9. The maximum absolute atomic E-state index is 12.9. The molecular weight excluding hydrogens is 502 g/mol. The van der Waals surface area contributed by atoms with Gasteiger partial charge in [-0.15, -0.1) is 11.3 Å². The number of carbonyl (C=O) groups excluding carboxylic acids is 2. The lowest BCUT2D eigenvalue weighted by atomic mass is 10.2. The van der Waals surface area contributed by atoms with E-state index in [1.807, 2.05) is 49.2 Å². The van der Waals surface area contributed by atoms with Gasteiger partial charge in [0.05, 0.1) is 12.6 Å². The Morgan fingerprint density at radius 1 is 1.13 bits per heavy atom. The van der Waals surface area contributed by atoms with Crippen LogP contribution in [0.5, 0.6) is 0 Å². The Kier molecular flexibility index (Phi) is 9.41. The first-order chi connectivity index (χ1) is 18.3. The van der Waals surface area contributed by atoms with Gasteiger partial charge in [0.2, 0.25) is 5.91 Å². The molecule has 0 saturated heterocycles. The predicted octanol–water partition coefficient (Wildman–Crippen LogP) is 1.48. The molecule has 11 heteroatoms. The second-order valence-corrected chi connectivity index (χ2v) is 9.29. The summed E-state index contributed by atoms with van der Waals surface area (Å²) in [5, 5.41) is 26.4. The molecule has 1 heterocycles. The second kappa shape index (κ2) is 12.9. The Balaban J connectivity index is 1.79. The van der Waals surface area contributed by atoms with Crippen LogP contribution in [0.2, 0.25) is 0 Å². The van der Waals surface area contributed by atoms with Gasteiger partial charge in [-0.05, 0) is 49.7 Å². The SMILES string of the molecule is CCn1c(=O)/c(=C\Nc2cccc(NC(=O)CN(C)c3cccc(C)c3)c2)s/c1=C(/C#N)C(=O)NCC#N. The Morgan fingerprint density at radius 2 is 1.87 bits per heavy atom. The standard InChI is InChI=1S/C27H27N7O3S/c1-4-34-26(37)23(38-27(34)22(15-29)25(36)30-12-11-28)16-31-19-8-6-9-20(14-19)32-24(35)17-33(3)21-10-5-7-18(2)13-21/h5-10,13-14,16,31H,4,12,17H2,1-3H3,(H,30,36)(H,32,35)/b23-16+,27-22-. The molecule has 0 bridgehead atoms. The van der Waals surface area contributed by atoms with E-state index in [0.29, 0.717) is 11.4 Å². The molecule has 3 rings (SSSR count). The Morgan fingerprint density at radius 3 is 2.55 bits per heavy atom. The summed E-state index contributed by atoms with van der Waals surface area (Å²) in [4.78, 5) is 39.6. The molecule has 10 nitrogen and oxygen atoms in total. The number of nitriles is 2. The minimum atomic E-state index is -0.714. The number of rotatable bonds is 9. The first-order valence-electron chi connectivity index (χ1n) is 11.7. The molecule has 0 spiro atoms. The number of likely N-dealkylation sites (N-methyl/N-ethyl adjacent to an activating group) is 1. The highest BCUT2D eigenvalue weighted by atomic mass is 32.1. The van der Waals surface area contributed by atoms with Gasteiger partial charge in [-0.3, -0.25) is 19.0 Å². The van der Waals surface area contributed by atoms with Crippen LogP contribution < -0.4 is 35.6 Å². The number of thiazole rings is 1. The zero-order valence-corrected chi connectivity index (χ0v) is 22.1. The van der Waals surface area contributed by atoms with Gasteiger partial charge in [0.25, 0.3) is 11.5 Å². The molecule has 0 unspecified atom stereocenters. The molecule has 38 heavy (non-hydrogen) atoms. The molecule has 0 aliphatic carbocycles. The van der Waals surface area contributed by atoms with E-state index >= 15 is 0 Å². The highest BCUT2D eigenvalue weighted by Crippen LogP contribution is 2.17. The van der Waals surface area contributed by atoms with Crippen molar-refractivity contribution in [3.63, 3.8) is 0 Å². The van der Waals surface area contributed by atoms with Gasteiger partial charge in [0.15, 0.2) is 5.57 Å². The van der Waals surface area contributed by atoms with E-state index in [1.54, 1.807) is 37.3 Å². The second-order valence-electron chi connectivity index (χ2n) is 8.26. The molecule has 3 aromatic rings. The largest absolute Gasteiger partial charge is 0.365 e. The van der Waals surface area contributed by atoms with Gasteiger partial charge >= 0.3 is 0 Å². The summed E-state index contributed by atoms with van der Waals surface area (Å²) < 4.78 is 1.84. The maximum Gasteiger partial charge on any atom is 0.270 e. The minimum absolute atomic E-state index is 0.168. The first kappa shape index (κ1) is 27.7. The van der Waals surface area contributed by atoms with E-state index in [1.165, 1.54) is 10.8 Å². The Labute approximate surface area is 223 Å². The Hall–Kier alpha value is -4.87. The molecular formula is C27H27N7O3S. The van der Waals surface area contributed by atoms with Crippen molar-refractivity contribution in [2.24, 2.45) is 0 Å². The van der Waals surface area contributed by atoms with Gasteiger partial charge in [-0.1, -0.05) is 18.2 Å². The average Bonchev–Trinajstić information content (AvgIpc) is 3.21. The van der Waals surface area contributed by atoms with Crippen molar-refractivity contribution in [2.45, 2.75) is 20.4 Å². The quantitative estimate of drug-likeness (QED) is 0.356. The van der Waals surface area contributed by atoms with E-state index in [4.69, 9.17) is 5.26 Å². The Bertz CT molecular complexity index is 1610. The highest BCUT2D eigenvalue weighted by molar-refractivity contribution is 7.07. The van der Waals surface area contributed by atoms with Gasteiger partial charge < -0.3 is 20.9 Å². The summed E-state index contributed by atoms with van der Waals surface area (Å²) >= 11 is 0.999. The molecule has 2 amide bonds. The smallest absolute Gasteiger partial charge is 0.270 e. The fourth-order valence-electron chi connectivity index (χ4n) is 3.60. The van der Waals surface area contributed by atoms with Gasteiger partial charge in [-0.2, -0.15) is 10.5 Å². The molecule has 194 valence electrons. The number of hydrogen-bond acceptors (Lipinski definition) is 8. The van der Waals surface area contributed by atoms with Gasteiger partial charge in [0.1, 0.15) is 21.8 Å². The number of carbonyl (C=O) groups is 2. The topological polar surface area (TPSA) is 143 Å². The third kappa shape index (κ3) is 6.87. The number of nitrogens with one attached hydrogen (secondary N) is 3. The van der Waals surface area contributed by atoms with Crippen molar-refractivity contribution in [1.29, 1.82) is 10.5 Å². The van der Waals surface area contributed by atoms with E-state index in [-0.39, 0.29) is 45.9 Å². The number of benzene rings is 2. The molecule has 0 atom stereocenters. The van der Waals surface area contributed by atoms with E-state index in [2.05, 4.69) is 16.0 Å². The van der Waals surface area contributed by atoms with Crippen LogP contribution in [0.25, 0.3) is 11.8 Å². The van der Waals surface area contributed by atoms with E-state index < -0.39 is 5.91 Å². The van der Waals surface area contributed by atoms with Crippen LogP contribution in [0.1, 0.15) is 12.5 Å². The van der Waals surface area contributed by atoms with Crippen LogP contribution in [0.4, 0.5) is 17.1 Å². The number of hydrogen-bond donors (Lipinski definition) is 3. The molecule has 0 saturated carbocycles. The van der Waals surface area contributed by atoms with Crippen molar-refractivity contribution in [1.82, 2.24) is 9.88 Å². The van der Waals surface area contributed by atoms with Gasteiger partial charge in [-0.25, -0.2) is 0 Å². The summed E-state index contributed by atoms with van der Waals surface area (Å²) in [5.41, 5.74) is 2.67. The summed E-state index contributed by atoms with van der Waals surface area (Å²) in [6.07, 6.45) is 1.50. The lowest BCUT2D eigenvalue weighted by Gasteiger charge is -2.19. The van der Waals surface area contributed by atoms with Gasteiger partial charge in [0, 0.05) is 36.9 Å². The van der Waals surface area contributed by atoms with Crippen molar-refractivity contribution < 1.29 is 9.59 Å². The predicted molar refractivity (Wildman–Crippen MR) is 149 cm³/mol. The van der Waals surface area contributed by atoms with E-state index in [9.17, 15) is 19.6 Å². The molecule has 0 aliphatic rings. The summed E-state index contributed by atoms with van der Waals surface area (Å²) in [6, 6.07) is 18.5. The van der Waals surface area contributed by atoms with E-state index in [0.717, 1.165) is 22.6 Å². The lowest BCUT2D eigenvalue weighted by Crippen LogP contribution is -2.34. The van der Waals surface area contributed by atoms with Crippen LogP contribution in [0.15, 0.2) is 53.3 Å². The van der Waals surface area contributed by atoms with Crippen LogP contribution in [-0.2, 0) is 16.1 Å². The summed E-state index contributed by atoms with van der Waals surface area (Å²) in [5.74, 6) is -0.897. The number of aryl methyl sites for hydroxylation is 1. The normalized spacial score (nSPS) is 11.7. The van der Waals surface area contributed by atoms with Crippen LogP contribution in [0, 0.1) is 29.6 Å². The minimum Gasteiger partial charge on any atom is -0.365 e. The molecule has 2 aromatic carbocycles. The number of nitrogens with zero attached hydrogens (tertiary/aromatic N) is 4. The fraction of sp³-hybridized carbons (Fsp3) is 0.222. The first-order valence-corrected chi connectivity index (χ1v) is 12.5. The van der Waals surface area contributed by atoms with Crippen LogP contribution in [-0.4, -0.2) is 36.5 Å². The van der Waals surface area contributed by atoms with Crippen LogP contribution >= 0.6 is 11.3 Å². The molecule has 1 aromatic heterocycles. The van der Waals surface area contributed by atoms with Crippen molar-refractivity contribution in [3.8, 4) is 12.1 Å². The summed E-state index contributed by atoms with van der Waals surface area (Å²) in [6.45, 7) is 3.91. The lowest BCUT2D eigenvalue weighted by molar-refractivity contribution is -0.116. The van der Waals surface area contributed by atoms with Crippen molar-refractivity contribution >= 4 is 52.0 Å². The fourth-order valence-corrected chi connectivity index (χ4v) is 4.69.